The average molecular weight is 296 g/mol. The number of aryl methyl sites for hydroxylation is 2. The Labute approximate surface area is 127 Å². The molecule has 0 radical (unpaired) electrons. The van der Waals surface area contributed by atoms with E-state index in [1.807, 2.05) is 38.1 Å². The highest BCUT2D eigenvalue weighted by molar-refractivity contribution is 7.20. The fraction of sp³-hybridized carbons (Fsp3) is 0.118. The predicted molar refractivity (Wildman–Crippen MR) is 90.1 cm³/mol. The van der Waals surface area contributed by atoms with Crippen LogP contribution in [0.15, 0.2) is 42.5 Å². The Morgan fingerprint density at radius 2 is 1.90 bits per heavy atom. The van der Waals surface area contributed by atoms with Gasteiger partial charge in [-0.3, -0.25) is 4.79 Å². The zero-order valence-corrected chi connectivity index (χ0v) is 12.8. The van der Waals surface area contributed by atoms with E-state index in [9.17, 15) is 4.79 Å². The molecule has 0 aliphatic heterocycles. The summed E-state index contributed by atoms with van der Waals surface area (Å²) in [5, 5.41) is 3.99. The van der Waals surface area contributed by atoms with Gasteiger partial charge in [-0.15, -0.1) is 11.3 Å². The number of hydrogen-bond donors (Lipinski definition) is 2. The number of anilines is 2. The fourth-order valence-electron chi connectivity index (χ4n) is 2.16. The summed E-state index contributed by atoms with van der Waals surface area (Å²) in [6.07, 6.45) is 0. The molecule has 0 fully saturated rings. The molecular weight excluding hydrogens is 280 g/mol. The molecular formula is C17H16N2OS. The third kappa shape index (κ3) is 2.76. The topological polar surface area (TPSA) is 55.1 Å². The quantitative estimate of drug-likeness (QED) is 0.691. The van der Waals surface area contributed by atoms with E-state index in [4.69, 9.17) is 5.73 Å². The van der Waals surface area contributed by atoms with Gasteiger partial charge in [-0.25, -0.2) is 0 Å². The highest BCUT2D eigenvalue weighted by atomic mass is 32.1. The van der Waals surface area contributed by atoms with Crippen LogP contribution in [-0.2, 0) is 0 Å². The van der Waals surface area contributed by atoms with Crippen molar-refractivity contribution in [2.24, 2.45) is 0 Å². The Bertz CT molecular complexity index is 836. The van der Waals surface area contributed by atoms with Crippen LogP contribution < -0.4 is 11.1 Å². The highest BCUT2D eigenvalue weighted by Crippen LogP contribution is 2.27. The first-order valence-corrected chi connectivity index (χ1v) is 7.52. The maximum Gasteiger partial charge on any atom is 0.265 e. The van der Waals surface area contributed by atoms with Crippen LogP contribution in [0.4, 0.5) is 11.4 Å². The second-order valence-electron chi connectivity index (χ2n) is 5.18. The van der Waals surface area contributed by atoms with Gasteiger partial charge < -0.3 is 11.1 Å². The maximum atomic E-state index is 12.3. The summed E-state index contributed by atoms with van der Waals surface area (Å²) in [5.74, 6) is -0.0999. The van der Waals surface area contributed by atoms with Crippen LogP contribution >= 0.6 is 11.3 Å². The zero-order chi connectivity index (χ0) is 15.0. The monoisotopic (exact) mass is 296 g/mol. The van der Waals surface area contributed by atoms with E-state index in [2.05, 4.69) is 17.4 Å². The second-order valence-corrected chi connectivity index (χ2v) is 6.26. The molecule has 2 aromatic carbocycles. The summed E-state index contributed by atoms with van der Waals surface area (Å²) in [7, 11) is 0. The number of amides is 1. The smallest absolute Gasteiger partial charge is 0.265 e. The van der Waals surface area contributed by atoms with Crippen molar-refractivity contribution in [3.63, 3.8) is 0 Å². The number of carbonyl (C=O) groups excluding carboxylic acids is 1. The molecule has 106 valence electrons. The minimum Gasteiger partial charge on any atom is -0.398 e. The lowest BCUT2D eigenvalue weighted by Gasteiger charge is -2.06. The molecule has 3 aromatic rings. The molecule has 0 aliphatic rings. The van der Waals surface area contributed by atoms with E-state index >= 15 is 0 Å². The number of fused-ring (bicyclic) bond motifs is 1. The van der Waals surface area contributed by atoms with Crippen LogP contribution in [0.2, 0.25) is 0 Å². The Morgan fingerprint density at radius 3 is 2.67 bits per heavy atom. The number of thiophene rings is 1. The number of hydrogen-bond acceptors (Lipinski definition) is 3. The van der Waals surface area contributed by atoms with Crippen molar-refractivity contribution >= 4 is 38.7 Å². The third-order valence-corrected chi connectivity index (χ3v) is 4.53. The van der Waals surface area contributed by atoms with Crippen LogP contribution in [0.1, 0.15) is 20.8 Å². The minimum absolute atomic E-state index is 0.0999. The lowest BCUT2D eigenvalue weighted by atomic mass is 10.2. The zero-order valence-electron chi connectivity index (χ0n) is 11.9. The Kier molecular flexibility index (Phi) is 3.39. The van der Waals surface area contributed by atoms with Gasteiger partial charge in [-0.1, -0.05) is 18.2 Å². The van der Waals surface area contributed by atoms with E-state index in [-0.39, 0.29) is 5.91 Å². The number of rotatable bonds is 2. The van der Waals surface area contributed by atoms with E-state index in [0.29, 0.717) is 10.6 Å². The molecule has 1 aromatic heterocycles. The molecule has 3 rings (SSSR count). The highest BCUT2D eigenvalue weighted by Gasteiger charge is 2.11. The van der Waals surface area contributed by atoms with E-state index in [1.54, 1.807) is 6.07 Å². The normalized spacial score (nSPS) is 10.8. The largest absolute Gasteiger partial charge is 0.398 e. The summed E-state index contributed by atoms with van der Waals surface area (Å²) in [5.41, 5.74) is 9.47. The van der Waals surface area contributed by atoms with Gasteiger partial charge in [0, 0.05) is 16.1 Å². The lowest BCUT2D eigenvalue weighted by Crippen LogP contribution is -2.10. The first-order valence-electron chi connectivity index (χ1n) is 6.70. The maximum absolute atomic E-state index is 12.3. The SMILES string of the molecule is Cc1ccc2cc(C(=O)Nc3ccc(C)c(N)c3)sc2c1. The molecule has 21 heavy (non-hydrogen) atoms. The van der Waals surface area contributed by atoms with Crippen LogP contribution in [0.5, 0.6) is 0 Å². The number of nitrogens with two attached hydrogens (primary N) is 1. The van der Waals surface area contributed by atoms with Crippen molar-refractivity contribution in [3.8, 4) is 0 Å². The van der Waals surface area contributed by atoms with Crippen molar-refractivity contribution in [1.29, 1.82) is 0 Å². The minimum atomic E-state index is -0.0999. The van der Waals surface area contributed by atoms with Gasteiger partial charge in [0.2, 0.25) is 0 Å². The van der Waals surface area contributed by atoms with Crippen molar-refractivity contribution in [3.05, 3.63) is 58.5 Å². The van der Waals surface area contributed by atoms with Gasteiger partial charge in [-0.05, 0) is 54.6 Å². The van der Waals surface area contributed by atoms with Gasteiger partial charge in [0.1, 0.15) is 0 Å². The van der Waals surface area contributed by atoms with Crippen molar-refractivity contribution in [2.45, 2.75) is 13.8 Å². The third-order valence-electron chi connectivity index (χ3n) is 3.44. The van der Waals surface area contributed by atoms with Crippen molar-refractivity contribution in [2.75, 3.05) is 11.1 Å². The summed E-state index contributed by atoms with van der Waals surface area (Å²) in [4.78, 5) is 13.0. The Hall–Kier alpha value is -2.33. The molecule has 4 heteroatoms. The number of carbonyl (C=O) groups is 1. The van der Waals surface area contributed by atoms with Crippen LogP contribution in [0.25, 0.3) is 10.1 Å². The van der Waals surface area contributed by atoms with Crippen LogP contribution in [0, 0.1) is 13.8 Å². The van der Waals surface area contributed by atoms with Crippen molar-refractivity contribution < 1.29 is 4.79 Å². The van der Waals surface area contributed by atoms with E-state index < -0.39 is 0 Å². The molecule has 3 N–H and O–H groups in total. The molecule has 0 saturated carbocycles. The van der Waals surface area contributed by atoms with Gasteiger partial charge in [-0.2, -0.15) is 0 Å². The lowest BCUT2D eigenvalue weighted by molar-refractivity contribution is 0.103. The summed E-state index contributed by atoms with van der Waals surface area (Å²) >= 11 is 1.50. The first kappa shape index (κ1) is 13.6. The Balaban J connectivity index is 1.87. The fourth-order valence-corrected chi connectivity index (χ4v) is 3.22. The van der Waals surface area contributed by atoms with Gasteiger partial charge in [0.15, 0.2) is 0 Å². The molecule has 0 saturated heterocycles. The Morgan fingerprint density at radius 1 is 1.10 bits per heavy atom. The molecule has 0 unspecified atom stereocenters. The molecule has 0 aliphatic carbocycles. The number of benzene rings is 2. The summed E-state index contributed by atoms with van der Waals surface area (Å²) in [6, 6.07) is 13.7. The average Bonchev–Trinajstić information content (AvgIpc) is 2.86. The number of nitrogen functional groups attached to an aromatic ring is 1. The second kappa shape index (κ2) is 5.22. The molecule has 1 amide bonds. The van der Waals surface area contributed by atoms with E-state index in [1.165, 1.54) is 16.9 Å². The first-order chi connectivity index (χ1) is 10.0. The summed E-state index contributed by atoms with van der Waals surface area (Å²) in [6.45, 7) is 3.99. The van der Waals surface area contributed by atoms with Gasteiger partial charge in [0.05, 0.1) is 4.88 Å². The molecule has 0 atom stereocenters. The standard InChI is InChI=1S/C17H16N2OS/c1-10-3-5-12-8-16(21-15(12)7-10)17(20)19-13-6-4-11(2)14(18)9-13/h3-9H,18H2,1-2H3,(H,19,20). The molecule has 1 heterocycles. The van der Waals surface area contributed by atoms with Gasteiger partial charge in [0.25, 0.3) is 5.91 Å². The van der Waals surface area contributed by atoms with Gasteiger partial charge >= 0.3 is 0 Å². The predicted octanol–water partition coefficient (Wildman–Crippen LogP) is 4.35. The van der Waals surface area contributed by atoms with Crippen LogP contribution in [0.3, 0.4) is 0 Å². The van der Waals surface area contributed by atoms with Crippen LogP contribution in [-0.4, -0.2) is 5.91 Å². The molecule has 0 bridgehead atoms. The molecule has 0 spiro atoms. The number of nitrogens with one attached hydrogen (secondary N) is 1. The van der Waals surface area contributed by atoms with Crippen molar-refractivity contribution in [1.82, 2.24) is 0 Å². The molecule has 3 nitrogen and oxygen atoms in total. The summed E-state index contributed by atoms with van der Waals surface area (Å²) < 4.78 is 1.13. The van der Waals surface area contributed by atoms with E-state index in [0.717, 1.165) is 21.3 Å².